The summed E-state index contributed by atoms with van der Waals surface area (Å²) in [7, 11) is 0. The lowest BCUT2D eigenvalue weighted by atomic mass is 10.0. The van der Waals surface area contributed by atoms with Crippen molar-refractivity contribution in [3.63, 3.8) is 0 Å². The van der Waals surface area contributed by atoms with Gasteiger partial charge in [0.1, 0.15) is 12.1 Å². The van der Waals surface area contributed by atoms with Crippen LogP contribution in [0.25, 0.3) is 0 Å². The first kappa shape index (κ1) is 12.3. The summed E-state index contributed by atoms with van der Waals surface area (Å²) >= 11 is 0. The van der Waals surface area contributed by atoms with Gasteiger partial charge in [0.05, 0.1) is 13.1 Å². The van der Waals surface area contributed by atoms with Crippen LogP contribution in [0.1, 0.15) is 32.6 Å². The van der Waals surface area contributed by atoms with Crippen LogP contribution in [-0.2, 0) is 0 Å². The van der Waals surface area contributed by atoms with E-state index in [0.29, 0.717) is 6.42 Å². The van der Waals surface area contributed by atoms with Gasteiger partial charge in [0.15, 0.2) is 0 Å². The highest BCUT2D eigenvalue weighted by Crippen LogP contribution is 2.10. The van der Waals surface area contributed by atoms with Gasteiger partial charge in [0.2, 0.25) is 0 Å². The summed E-state index contributed by atoms with van der Waals surface area (Å²) in [4.78, 5) is 1.56. The van der Waals surface area contributed by atoms with Gasteiger partial charge in [0, 0.05) is 12.8 Å². The predicted molar refractivity (Wildman–Crippen MR) is 62.6 cm³/mol. The minimum Gasteiger partial charge on any atom is -0.378 e. The number of rotatable bonds is 4. The van der Waals surface area contributed by atoms with Crippen LogP contribution in [0, 0.1) is 11.8 Å². The molecule has 1 aliphatic rings. The lowest BCUT2D eigenvalue weighted by molar-refractivity contribution is -0.879. The number of hydrogen-bond acceptors (Lipinski definition) is 1. The van der Waals surface area contributed by atoms with Gasteiger partial charge in [-0.15, -0.1) is 6.58 Å². The molecule has 0 radical (unpaired) electrons. The van der Waals surface area contributed by atoms with E-state index in [0.717, 1.165) is 13.0 Å². The first-order valence-electron chi connectivity index (χ1n) is 5.81. The van der Waals surface area contributed by atoms with E-state index < -0.39 is 5.60 Å². The molecule has 0 spiro atoms. The van der Waals surface area contributed by atoms with Crippen LogP contribution in [-0.4, -0.2) is 30.3 Å². The zero-order valence-corrected chi connectivity index (χ0v) is 9.68. The molecular weight excluding hydrogens is 186 g/mol. The molecule has 0 aromatic heterocycles. The molecule has 1 fully saturated rings. The standard InChI is InChI=1S/C13H21NO/c1-3-4-8-13(2,15)9-7-12-14-10-5-6-11-14/h3,15H,1,4-6,8,10-12H2,2H3/p+1/t13-/m0/s1. The monoisotopic (exact) mass is 208 g/mol. The van der Waals surface area contributed by atoms with Crippen LogP contribution in [0.15, 0.2) is 12.7 Å². The van der Waals surface area contributed by atoms with Crippen molar-refractivity contribution in [1.82, 2.24) is 0 Å². The number of aliphatic hydroxyl groups is 1. The Morgan fingerprint density at radius 2 is 2.13 bits per heavy atom. The second kappa shape index (κ2) is 5.95. The maximum atomic E-state index is 9.89. The highest BCUT2D eigenvalue weighted by atomic mass is 16.3. The summed E-state index contributed by atoms with van der Waals surface area (Å²) in [6.07, 6.45) is 5.96. The Labute approximate surface area is 93.0 Å². The molecule has 0 saturated carbocycles. The fraction of sp³-hybridized carbons (Fsp3) is 0.692. The molecule has 1 saturated heterocycles. The van der Waals surface area contributed by atoms with E-state index in [9.17, 15) is 5.11 Å². The molecule has 1 heterocycles. The third-order valence-electron chi connectivity index (χ3n) is 2.84. The average molecular weight is 208 g/mol. The van der Waals surface area contributed by atoms with E-state index in [1.54, 1.807) is 11.8 Å². The first-order valence-corrected chi connectivity index (χ1v) is 5.81. The summed E-state index contributed by atoms with van der Waals surface area (Å²) in [5.74, 6) is 6.06. The zero-order chi connectivity index (χ0) is 11.1. The highest BCUT2D eigenvalue weighted by Gasteiger charge is 2.16. The molecule has 2 N–H and O–H groups in total. The third kappa shape index (κ3) is 5.01. The SMILES string of the molecule is C=CCC[C@](C)(O)C#CC[NH+]1CCCC1. The van der Waals surface area contributed by atoms with Crippen LogP contribution in [0.3, 0.4) is 0 Å². The fourth-order valence-corrected chi connectivity index (χ4v) is 1.86. The van der Waals surface area contributed by atoms with Gasteiger partial charge in [-0.1, -0.05) is 12.0 Å². The van der Waals surface area contributed by atoms with Crippen molar-refractivity contribution in [3.8, 4) is 11.8 Å². The molecular formula is C13H22NO+. The van der Waals surface area contributed by atoms with Gasteiger partial charge in [-0.05, 0) is 25.7 Å². The van der Waals surface area contributed by atoms with Crippen molar-refractivity contribution in [2.45, 2.75) is 38.2 Å². The van der Waals surface area contributed by atoms with Crippen molar-refractivity contribution >= 4 is 0 Å². The van der Waals surface area contributed by atoms with E-state index in [2.05, 4.69) is 18.4 Å². The molecule has 15 heavy (non-hydrogen) atoms. The maximum absolute atomic E-state index is 9.89. The lowest BCUT2D eigenvalue weighted by Gasteiger charge is -2.14. The molecule has 0 aromatic rings. The van der Waals surface area contributed by atoms with Crippen LogP contribution >= 0.6 is 0 Å². The maximum Gasteiger partial charge on any atom is 0.139 e. The van der Waals surface area contributed by atoms with Crippen molar-refractivity contribution in [2.24, 2.45) is 0 Å². The van der Waals surface area contributed by atoms with E-state index in [4.69, 9.17) is 0 Å². The molecule has 0 aliphatic carbocycles. The second-order valence-electron chi connectivity index (χ2n) is 4.54. The van der Waals surface area contributed by atoms with Gasteiger partial charge in [-0.25, -0.2) is 0 Å². The molecule has 0 aromatic carbocycles. The Morgan fingerprint density at radius 1 is 1.47 bits per heavy atom. The highest BCUT2D eigenvalue weighted by molar-refractivity contribution is 5.12. The Hall–Kier alpha value is -0.780. The Balaban J connectivity index is 2.30. The Bertz CT molecular complexity index is 253. The number of likely N-dealkylation sites (tertiary alicyclic amines) is 1. The molecule has 0 unspecified atom stereocenters. The molecule has 0 bridgehead atoms. The smallest absolute Gasteiger partial charge is 0.139 e. The summed E-state index contributed by atoms with van der Waals surface area (Å²) in [5, 5.41) is 9.89. The molecule has 2 nitrogen and oxygen atoms in total. The average Bonchev–Trinajstić information content (AvgIpc) is 2.67. The molecule has 1 rings (SSSR count). The van der Waals surface area contributed by atoms with E-state index in [-0.39, 0.29) is 0 Å². The summed E-state index contributed by atoms with van der Waals surface area (Å²) < 4.78 is 0. The Morgan fingerprint density at radius 3 is 2.73 bits per heavy atom. The number of allylic oxidation sites excluding steroid dienone is 1. The Kier molecular flexibility index (Phi) is 4.87. The topological polar surface area (TPSA) is 24.7 Å². The summed E-state index contributed by atoms with van der Waals surface area (Å²) in [6, 6.07) is 0. The lowest BCUT2D eigenvalue weighted by Crippen LogP contribution is -3.09. The quantitative estimate of drug-likeness (QED) is 0.507. The van der Waals surface area contributed by atoms with Gasteiger partial charge in [0.25, 0.3) is 0 Å². The molecule has 0 amide bonds. The summed E-state index contributed by atoms with van der Waals surface area (Å²) in [5.41, 5.74) is -0.840. The van der Waals surface area contributed by atoms with Crippen LogP contribution in [0.2, 0.25) is 0 Å². The number of nitrogens with one attached hydrogen (secondary N) is 1. The van der Waals surface area contributed by atoms with E-state index >= 15 is 0 Å². The molecule has 1 atom stereocenters. The predicted octanol–water partition coefficient (Wildman–Crippen LogP) is 0.386. The number of quaternary nitrogens is 1. The van der Waals surface area contributed by atoms with E-state index in [1.807, 2.05) is 6.08 Å². The minimum absolute atomic E-state index is 0.679. The van der Waals surface area contributed by atoms with Crippen molar-refractivity contribution in [2.75, 3.05) is 19.6 Å². The summed E-state index contributed by atoms with van der Waals surface area (Å²) in [6.45, 7) is 8.78. The molecule has 84 valence electrons. The first-order chi connectivity index (χ1) is 7.14. The van der Waals surface area contributed by atoms with Crippen LogP contribution in [0.4, 0.5) is 0 Å². The normalized spacial score (nSPS) is 20.4. The number of hydrogen-bond donors (Lipinski definition) is 2. The van der Waals surface area contributed by atoms with E-state index in [1.165, 1.54) is 25.9 Å². The second-order valence-corrected chi connectivity index (χ2v) is 4.54. The largest absolute Gasteiger partial charge is 0.378 e. The molecule has 2 heteroatoms. The minimum atomic E-state index is -0.840. The zero-order valence-electron chi connectivity index (χ0n) is 9.68. The molecule has 1 aliphatic heterocycles. The third-order valence-corrected chi connectivity index (χ3v) is 2.84. The van der Waals surface area contributed by atoms with Gasteiger partial charge in [-0.2, -0.15) is 0 Å². The van der Waals surface area contributed by atoms with Crippen molar-refractivity contribution in [3.05, 3.63) is 12.7 Å². The van der Waals surface area contributed by atoms with Crippen LogP contribution in [0.5, 0.6) is 0 Å². The van der Waals surface area contributed by atoms with Gasteiger partial charge in [-0.3, -0.25) is 0 Å². The van der Waals surface area contributed by atoms with Crippen LogP contribution < -0.4 is 4.90 Å². The van der Waals surface area contributed by atoms with Gasteiger partial charge >= 0.3 is 0 Å². The van der Waals surface area contributed by atoms with Crippen molar-refractivity contribution in [1.29, 1.82) is 0 Å². The van der Waals surface area contributed by atoms with Gasteiger partial charge < -0.3 is 10.0 Å². The van der Waals surface area contributed by atoms with Crippen molar-refractivity contribution < 1.29 is 10.0 Å². The fourth-order valence-electron chi connectivity index (χ4n) is 1.86.